The Morgan fingerprint density at radius 3 is 2.36 bits per heavy atom. The molecule has 0 aromatic heterocycles. The number of fused-ring (bicyclic) bond motifs is 2. The number of nitriles is 3. The molecule has 1 amide bonds. The first-order chi connectivity index (χ1) is 11.9. The predicted molar refractivity (Wildman–Crippen MR) is 89.0 cm³/mol. The first kappa shape index (κ1) is 17.0. The number of nitrogens with one attached hydrogen (secondary N) is 1. The summed E-state index contributed by atoms with van der Waals surface area (Å²) in [5.41, 5.74) is 2.65. The van der Waals surface area contributed by atoms with Gasteiger partial charge >= 0.3 is 0 Å². The zero-order valence-electron chi connectivity index (χ0n) is 14.0. The average molecular weight is 333 g/mol. The molecule has 1 aliphatic heterocycles. The zero-order valence-corrected chi connectivity index (χ0v) is 14.0. The van der Waals surface area contributed by atoms with Crippen LogP contribution < -0.4 is 11.1 Å². The van der Waals surface area contributed by atoms with Crippen molar-refractivity contribution >= 4 is 5.91 Å². The second kappa shape index (κ2) is 5.59. The van der Waals surface area contributed by atoms with Crippen molar-refractivity contribution in [3.05, 3.63) is 35.9 Å². The highest BCUT2D eigenvalue weighted by atomic mass is 16.2. The summed E-state index contributed by atoms with van der Waals surface area (Å²) in [6, 6.07) is 15.3. The Labute approximate surface area is 146 Å². The highest BCUT2D eigenvalue weighted by Crippen LogP contribution is 2.64. The quantitative estimate of drug-likeness (QED) is 0.873. The summed E-state index contributed by atoms with van der Waals surface area (Å²) < 4.78 is 0. The van der Waals surface area contributed by atoms with Gasteiger partial charge in [-0.25, -0.2) is 0 Å². The van der Waals surface area contributed by atoms with E-state index in [9.17, 15) is 20.6 Å². The van der Waals surface area contributed by atoms with E-state index in [0.29, 0.717) is 6.42 Å². The molecule has 1 aromatic rings. The van der Waals surface area contributed by atoms with Crippen LogP contribution in [0.3, 0.4) is 0 Å². The number of hydrogen-bond donors (Lipinski definition) is 2. The summed E-state index contributed by atoms with van der Waals surface area (Å²) in [4.78, 5) is 12.8. The van der Waals surface area contributed by atoms with Gasteiger partial charge in [0.1, 0.15) is 0 Å². The van der Waals surface area contributed by atoms with Crippen molar-refractivity contribution < 1.29 is 4.79 Å². The lowest BCUT2D eigenvalue weighted by Crippen LogP contribution is -2.62. The van der Waals surface area contributed by atoms with Crippen LogP contribution in [0.25, 0.3) is 0 Å². The van der Waals surface area contributed by atoms with Crippen LogP contribution in [0, 0.1) is 50.7 Å². The normalized spacial score (nSPS) is 35.1. The average Bonchev–Trinajstić information content (AvgIpc) is 2.88. The Bertz CT molecular complexity index is 816. The van der Waals surface area contributed by atoms with Crippen LogP contribution >= 0.6 is 0 Å². The van der Waals surface area contributed by atoms with Crippen LogP contribution in [0.4, 0.5) is 0 Å². The number of nitrogens with two attached hydrogens (primary N) is 1. The third kappa shape index (κ3) is 1.94. The number of carbonyl (C=O) groups excluding carboxylic acids is 1. The van der Waals surface area contributed by atoms with E-state index in [-0.39, 0.29) is 12.3 Å². The van der Waals surface area contributed by atoms with Gasteiger partial charge in [0.15, 0.2) is 10.8 Å². The Balaban J connectivity index is 2.35. The van der Waals surface area contributed by atoms with E-state index in [1.165, 1.54) is 0 Å². The third-order valence-corrected chi connectivity index (χ3v) is 5.80. The molecule has 4 atom stereocenters. The summed E-state index contributed by atoms with van der Waals surface area (Å²) in [7, 11) is 0. The molecule has 3 rings (SSSR count). The van der Waals surface area contributed by atoms with Gasteiger partial charge in [0, 0.05) is 18.3 Å². The molecule has 1 saturated carbocycles. The molecule has 126 valence electrons. The third-order valence-electron chi connectivity index (χ3n) is 5.80. The maximum absolute atomic E-state index is 12.8. The van der Waals surface area contributed by atoms with Crippen LogP contribution in [-0.4, -0.2) is 11.6 Å². The fourth-order valence-electron chi connectivity index (χ4n) is 4.70. The maximum atomic E-state index is 12.8. The lowest BCUT2D eigenvalue weighted by atomic mass is 9.47. The topological polar surface area (TPSA) is 126 Å². The van der Waals surface area contributed by atoms with E-state index in [4.69, 9.17) is 5.73 Å². The van der Waals surface area contributed by atoms with Crippen molar-refractivity contribution in [2.75, 3.05) is 0 Å². The van der Waals surface area contributed by atoms with E-state index in [1.54, 1.807) is 0 Å². The predicted octanol–water partition coefficient (Wildman–Crippen LogP) is 1.92. The number of amides is 1. The molecule has 0 spiro atoms. The molecule has 6 heteroatoms. The van der Waals surface area contributed by atoms with Crippen LogP contribution in [0.1, 0.15) is 37.7 Å². The van der Waals surface area contributed by atoms with E-state index in [2.05, 4.69) is 17.5 Å². The summed E-state index contributed by atoms with van der Waals surface area (Å²) in [5.74, 6) is -1.55. The number of hydrogen-bond acceptors (Lipinski definition) is 5. The zero-order chi connectivity index (χ0) is 18.3. The van der Waals surface area contributed by atoms with Gasteiger partial charge in [0.2, 0.25) is 5.91 Å². The summed E-state index contributed by atoms with van der Waals surface area (Å²) in [6.07, 6.45) is 1.41. The van der Waals surface area contributed by atoms with Crippen molar-refractivity contribution in [1.29, 1.82) is 15.8 Å². The van der Waals surface area contributed by atoms with E-state index in [1.807, 2.05) is 43.3 Å². The van der Waals surface area contributed by atoms with Gasteiger partial charge in [-0.15, -0.1) is 0 Å². The van der Waals surface area contributed by atoms with Gasteiger partial charge < -0.3 is 11.1 Å². The minimum absolute atomic E-state index is 0.0234. The Hall–Kier alpha value is -2.88. The molecular formula is C19H19N5O. The van der Waals surface area contributed by atoms with E-state index in [0.717, 1.165) is 12.0 Å². The lowest BCUT2D eigenvalue weighted by molar-refractivity contribution is -0.128. The molecule has 1 heterocycles. The largest absolute Gasteiger partial charge is 0.336 e. The summed E-state index contributed by atoms with van der Waals surface area (Å²) >= 11 is 0. The van der Waals surface area contributed by atoms with Crippen molar-refractivity contribution in [2.45, 2.75) is 37.8 Å². The van der Waals surface area contributed by atoms with Gasteiger partial charge in [0.25, 0.3) is 0 Å². The molecule has 2 fully saturated rings. The lowest BCUT2D eigenvalue weighted by Gasteiger charge is -2.50. The van der Waals surface area contributed by atoms with Crippen LogP contribution in [0.5, 0.6) is 0 Å². The smallest absolute Gasteiger partial charge is 0.244 e. The fourth-order valence-corrected chi connectivity index (χ4v) is 4.70. The van der Waals surface area contributed by atoms with Crippen molar-refractivity contribution in [3.63, 3.8) is 0 Å². The standard InChI is InChI=1S/C19H19N5O/c1-2-6-14-15(13-7-4-3-5-8-13)18(11-21,12-22)17(10-20)9-19(14,23)24-16(17)25/h3-5,7-8,14-15H,2,6,9,23H2,1H3,(H,24,25)/t14-,15+,17+,19+/m0/s1. The van der Waals surface area contributed by atoms with Gasteiger partial charge in [-0.1, -0.05) is 43.7 Å². The van der Waals surface area contributed by atoms with E-state index >= 15 is 0 Å². The molecule has 25 heavy (non-hydrogen) atoms. The molecule has 2 bridgehead atoms. The molecule has 6 nitrogen and oxygen atoms in total. The fraction of sp³-hybridized carbons (Fsp3) is 0.474. The summed E-state index contributed by atoms with van der Waals surface area (Å²) in [6.45, 7) is 1.99. The van der Waals surface area contributed by atoms with Crippen molar-refractivity contribution in [3.8, 4) is 18.2 Å². The molecule has 2 aliphatic rings. The SMILES string of the molecule is CCC[C@H]1[C@@H](c2ccccc2)C(C#N)(C#N)[C@@]2(C#N)C[C@@]1(N)NC2=O. The van der Waals surface area contributed by atoms with Crippen LogP contribution in [0.2, 0.25) is 0 Å². The number of carbonyl (C=O) groups is 1. The van der Waals surface area contributed by atoms with Crippen molar-refractivity contribution in [1.82, 2.24) is 5.32 Å². The first-order valence-electron chi connectivity index (χ1n) is 8.35. The highest BCUT2D eigenvalue weighted by Gasteiger charge is 2.76. The highest BCUT2D eigenvalue weighted by molar-refractivity contribution is 5.92. The van der Waals surface area contributed by atoms with Gasteiger partial charge in [0.05, 0.1) is 23.9 Å². The molecular weight excluding hydrogens is 314 g/mol. The van der Waals surface area contributed by atoms with E-state index < -0.39 is 28.3 Å². The van der Waals surface area contributed by atoms with Crippen LogP contribution in [-0.2, 0) is 4.79 Å². The molecule has 3 N–H and O–H groups in total. The number of nitrogens with zero attached hydrogens (tertiary/aromatic N) is 3. The number of benzene rings is 1. The Kier molecular flexibility index (Phi) is 3.79. The molecule has 0 unspecified atom stereocenters. The van der Waals surface area contributed by atoms with Gasteiger partial charge in [-0.3, -0.25) is 4.79 Å². The van der Waals surface area contributed by atoms with Gasteiger partial charge in [-0.05, 0) is 12.0 Å². The molecule has 1 saturated heterocycles. The first-order valence-corrected chi connectivity index (χ1v) is 8.35. The second-order valence-electron chi connectivity index (χ2n) is 7.00. The summed E-state index contributed by atoms with van der Waals surface area (Å²) in [5, 5.41) is 32.7. The van der Waals surface area contributed by atoms with Crippen molar-refractivity contribution in [2.24, 2.45) is 22.5 Å². The monoisotopic (exact) mass is 333 g/mol. The van der Waals surface area contributed by atoms with Crippen LogP contribution in [0.15, 0.2) is 30.3 Å². The molecule has 1 aliphatic carbocycles. The Morgan fingerprint density at radius 2 is 1.84 bits per heavy atom. The minimum atomic E-state index is -1.79. The molecule has 0 radical (unpaired) electrons. The Morgan fingerprint density at radius 1 is 1.20 bits per heavy atom. The minimum Gasteiger partial charge on any atom is -0.336 e. The molecule has 1 aromatic carbocycles. The maximum Gasteiger partial charge on any atom is 0.244 e. The number of rotatable bonds is 3. The second-order valence-corrected chi connectivity index (χ2v) is 7.00. The van der Waals surface area contributed by atoms with Gasteiger partial charge in [-0.2, -0.15) is 15.8 Å².